The van der Waals surface area contributed by atoms with E-state index >= 15 is 0 Å². The molecule has 2 rings (SSSR count). The van der Waals surface area contributed by atoms with Crippen molar-refractivity contribution in [1.29, 1.82) is 0 Å². The molecule has 0 saturated carbocycles. The van der Waals surface area contributed by atoms with Crippen molar-refractivity contribution in [2.75, 3.05) is 11.4 Å². The Balaban J connectivity index is 2.41. The van der Waals surface area contributed by atoms with Gasteiger partial charge >= 0.3 is 0 Å². The number of nitrogens with zero attached hydrogens (tertiary/aromatic N) is 2. The first-order valence-corrected chi connectivity index (χ1v) is 6.42. The second kappa shape index (κ2) is 4.55. The van der Waals surface area contributed by atoms with Gasteiger partial charge in [-0.25, -0.2) is 13.4 Å². The zero-order valence-corrected chi connectivity index (χ0v) is 10.1. The van der Waals surface area contributed by atoms with Crippen molar-refractivity contribution in [2.45, 2.75) is 4.90 Å². The quantitative estimate of drug-likeness (QED) is 0.829. The highest BCUT2D eigenvalue weighted by atomic mass is 32.2. The maximum absolute atomic E-state index is 12.2. The number of rotatable bonds is 3. The molecule has 0 aliphatic carbocycles. The van der Waals surface area contributed by atoms with Crippen LogP contribution in [0.2, 0.25) is 0 Å². The second-order valence-corrected chi connectivity index (χ2v) is 5.37. The molecule has 0 amide bonds. The summed E-state index contributed by atoms with van der Waals surface area (Å²) < 4.78 is 25.6. The van der Waals surface area contributed by atoms with Crippen LogP contribution in [0.3, 0.4) is 0 Å². The molecule has 0 spiro atoms. The fourth-order valence-corrected chi connectivity index (χ4v) is 2.54. The molecule has 2 aromatic rings. The first-order valence-electron chi connectivity index (χ1n) is 4.98. The van der Waals surface area contributed by atoms with E-state index in [9.17, 15) is 8.42 Å². The monoisotopic (exact) mass is 247 g/mol. The van der Waals surface area contributed by atoms with Gasteiger partial charge in [0.1, 0.15) is 5.82 Å². The molecule has 0 unspecified atom stereocenters. The zero-order chi connectivity index (χ0) is 12.3. The molecule has 0 bridgehead atoms. The standard InChI is InChI=1S/C12H11N2O2S/c1-14(12-9-5-6-10-13-12)17(15,16)11-7-3-2-4-8-11/h2-5,7-10H,1H3. The highest BCUT2D eigenvalue weighted by molar-refractivity contribution is 7.92. The molecular formula is C12H11N2O2S. The van der Waals surface area contributed by atoms with Gasteiger partial charge in [-0.15, -0.1) is 0 Å². The lowest BCUT2D eigenvalue weighted by Crippen LogP contribution is -2.27. The van der Waals surface area contributed by atoms with E-state index in [0.717, 1.165) is 4.31 Å². The van der Waals surface area contributed by atoms with Crippen LogP contribution in [0.25, 0.3) is 0 Å². The minimum atomic E-state index is -3.54. The summed E-state index contributed by atoms with van der Waals surface area (Å²) in [6.45, 7) is 0. The van der Waals surface area contributed by atoms with Crippen LogP contribution >= 0.6 is 0 Å². The van der Waals surface area contributed by atoms with Crippen molar-refractivity contribution < 1.29 is 8.42 Å². The molecule has 0 aliphatic heterocycles. The third-order valence-electron chi connectivity index (χ3n) is 2.32. The fraction of sp³-hybridized carbons (Fsp3) is 0.0833. The average Bonchev–Trinajstić information content (AvgIpc) is 2.40. The summed E-state index contributed by atoms with van der Waals surface area (Å²) in [6, 6.07) is 14.2. The minimum Gasteiger partial charge on any atom is -0.253 e. The molecular weight excluding hydrogens is 236 g/mol. The lowest BCUT2D eigenvalue weighted by atomic mass is 10.4. The summed E-state index contributed by atoms with van der Waals surface area (Å²) in [4.78, 5) is 4.21. The van der Waals surface area contributed by atoms with Gasteiger partial charge in [-0.05, 0) is 24.3 Å². The predicted octanol–water partition coefficient (Wildman–Crippen LogP) is 1.71. The Labute approximate surface area is 101 Å². The van der Waals surface area contributed by atoms with E-state index in [1.54, 1.807) is 42.5 Å². The van der Waals surface area contributed by atoms with Crippen molar-refractivity contribution in [3.8, 4) is 0 Å². The van der Waals surface area contributed by atoms with E-state index < -0.39 is 10.0 Å². The average molecular weight is 247 g/mol. The van der Waals surface area contributed by atoms with Crippen LogP contribution in [0.1, 0.15) is 0 Å². The first-order chi connectivity index (χ1) is 8.12. The SMILES string of the molecule is CN(c1cc[c]cn1)S(=O)(=O)c1ccccc1. The predicted molar refractivity (Wildman–Crippen MR) is 65.1 cm³/mol. The lowest BCUT2D eigenvalue weighted by Gasteiger charge is -2.17. The zero-order valence-electron chi connectivity index (χ0n) is 9.24. The number of hydrogen-bond acceptors (Lipinski definition) is 3. The van der Waals surface area contributed by atoms with Crippen LogP contribution in [-0.4, -0.2) is 20.4 Å². The van der Waals surface area contributed by atoms with Gasteiger partial charge in [0, 0.05) is 19.3 Å². The van der Waals surface area contributed by atoms with Crippen molar-refractivity contribution in [2.24, 2.45) is 0 Å². The largest absolute Gasteiger partial charge is 0.265 e. The molecule has 87 valence electrons. The molecule has 0 aliphatic rings. The molecule has 5 heteroatoms. The van der Waals surface area contributed by atoms with Gasteiger partial charge in [-0.1, -0.05) is 18.2 Å². The smallest absolute Gasteiger partial charge is 0.253 e. The Hall–Kier alpha value is -1.88. The maximum atomic E-state index is 12.2. The summed E-state index contributed by atoms with van der Waals surface area (Å²) in [7, 11) is -2.06. The third-order valence-corrected chi connectivity index (χ3v) is 4.10. The second-order valence-electron chi connectivity index (χ2n) is 3.40. The van der Waals surface area contributed by atoms with Crippen molar-refractivity contribution in [3.63, 3.8) is 0 Å². The molecule has 17 heavy (non-hydrogen) atoms. The van der Waals surface area contributed by atoms with Crippen LogP contribution in [0, 0.1) is 6.07 Å². The number of aromatic nitrogens is 1. The van der Waals surface area contributed by atoms with Crippen molar-refractivity contribution in [1.82, 2.24) is 4.98 Å². The Morgan fingerprint density at radius 3 is 2.47 bits per heavy atom. The van der Waals surface area contributed by atoms with Crippen molar-refractivity contribution in [3.05, 3.63) is 54.7 Å². The Morgan fingerprint density at radius 2 is 1.88 bits per heavy atom. The maximum Gasteiger partial charge on any atom is 0.265 e. The van der Waals surface area contributed by atoms with Crippen LogP contribution in [0.4, 0.5) is 5.82 Å². The summed E-state index contributed by atoms with van der Waals surface area (Å²) in [6.07, 6.45) is 1.44. The third kappa shape index (κ3) is 2.29. The molecule has 1 heterocycles. The fourth-order valence-electron chi connectivity index (χ4n) is 1.37. The number of anilines is 1. The summed E-state index contributed by atoms with van der Waals surface area (Å²) >= 11 is 0. The molecule has 0 saturated heterocycles. The van der Waals surface area contributed by atoms with Crippen LogP contribution in [0.15, 0.2) is 53.6 Å². The van der Waals surface area contributed by atoms with E-state index in [0.29, 0.717) is 5.82 Å². The highest BCUT2D eigenvalue weighted by Gasteiger charge is 2.21. The number of pyridine rings is 1. The first kappa shape index (κ1) is 11.6. The molecule has 1 aromatic carbocycles. The van der Waals surface area contributed by atoms with E-state index in [4.69, 9.17) is 0 Å². The summed E-state index contributed by atoms with van der Waals surface area (Å²) in [5, 5.41) is 0. The van der Waals surface area contributed by atoms with Crippen LogP contribution in [0.5, 0.6) is 0 Å². The number of benzene rings is 1. The molecule has 0 atom stereocenters. The van der Waals surface area contributed by atoms with Crippen LogP contribution in [-0.2, 0) is 10.0 Å². The molecule has 0 N–H and O–H groups in total. The lowest BCUT2D eigenvalue weighted by molar-refractivity contribution is 0.594. The Kier molecular flexibility index (Phi) is 3.10. The normalized spacial score (nSPS) is 11.1. The van der Waals surface area contributed by atoms with E-state index in [1.807, 2.05) is 0 Å². The van der Waals surface area contributed by atoms with Crippen molar-refractivity contribution >= 4 is 15.8 Å². The Bertz CT molecular complexity index is 582. The Morgan fingerprint density at radius 1 is 1.18 bits per heavy atom. The van der Waals surface area contributed by atoms with E-state index in [2.05, 4.69) is 11.1 Å². The molecule has 1 aromatic heterocycles. The number of sulfonamides is 1. The number of hydrogen-bond donors (Lipinski definition) is 0. The molecule has 1 radical (unpaired) electrons. The van der Waals surface area contributed by atoms with Gasteiger partial charge in [0.2, 0.25) is 0 Å². The van der Waals surface area contributed by atoms with Gasteiger partial charge in [0.15, 0.2) is 0 Å². The van der Waals surface area contributed by atoms with Gasteiger partial charge in [0.25, 0.3) is 10.0 Å². The van der Waals surface area contributed by atoms with Gasteiger partial charge < -0.3 is 0 Å². The van der Waals surface area contributed by atoms with Gasteiger partial charge in [-0.2, -0.15) is 0 Å². The minimum absolute atomic E-state index is 0.247. The summed E-state index contributed by atoms with van der Waals surface area (Å²) in [5.74, 6) is 0.368. The van der Waals surface area contributed by atoms with E-state index in [1.165, 1.54) is 13.2 Å². The topological polar surface area (TPSA) is 50.3 Å². The van der Waals surface area contributed by atoms with Gasteiger partial charge in [-0.3, -0.25) is 4.31 Å². The molecule has 0 fully saturated rings. The van der Waals surface area contributed by atoms with Gasteiger partial charge in [0.05, 0.1) is 4.90 Å². The highest BCUT2D eigenvalue weighted by Crippen LogP contribution is 2.18. The van der Waals surface area contributed by atoms with E-state index in [-0.39, 0.29) is 4.90 Å². The summed E-state index contributed by atoms with van der Waals surface area (Å²) in [5.41, 5.74) is 0. The van der Waals surface area contributed by atoms with Crippen LogP contribution < -0.4 is 4.31 Å². The molecule has 4 nitrogen and oxygen atoms in total.